The van der Waals surface area contributed by atoms with E-state index in [2.05, 4.69) is 4.90 Å². The van der Waals surface area contributed by atoms with E-state index in [0.29, 0.717) is 18.3 Å². The Hall–Kier alpha value is -0.450. The van der Waals surface area contributed by atoms with Gasteiger partial charge in [0.2, 0.25) is 0 Å². The number of hydrogen-bond donors (Lipinski definition) is 1. The van der Waals surface area contributed by atoms with E-state index in [0.717, 1.165) is 45.3 Å². The molecule has 4 nitrogen and oxygen atoms in total. The third-order valence-electron chi connectivity index (χ3n) is 3.65. The lowest BCUT2D eigenvalue weighted by molar-refractivity contribution is -0.121. The number of morpholine rings is 1. The maximum absolute atomic E-state index is 11.5. The van der Waals surface area contributed by atoms with Gasteiger partial charge in [-0.25, -0.2) is 0 Å². The fourth-order valence-electron chi connectivity index (χ4n) is 2.63. The van der Waals surface area contributed by atoms with Crippen molar-refractivity contribution in [2.45, 2.75) is 31.8 Å². The van der Waals surface area contributed by atoms with Crippen molar-refractivity contribution in [2.24, 2.45) is 5.92 Å². The minimum atomic E-state index is -0.0342. The summed E-state index contributed by atoms with van der Waals surface area (Å²) in [6, 6.07) is 0. The summed E-state index contributed by atoms with van der Waals surface area (Å²) in [5.41, 5.74) is 0. The highest BCUT2D eigenvalue weighted by atomic mass is 16.5. The maximum Gasteiger partial charge on any atom is 0.136 e. The summed E-state index contributed by atoms with van der Waals surface area (Å²) in [5, 5.41) is 9.02. The molecule has 2 fully saturated rings. The van der Waals surface area contributed by atoms with Crippen molar-refractivity contribution in [3.8, 4) is 0 Å². The predicted molar refractivity (Wildman–Crippen MR) is 60.2 cm³/mol. The first kappa shape index (κ1) is 12.0. The molecule has 0 bridgehead atoms. The molecule has 1 heterocycles. The number of ketones is 1. The smallest absolute Gasteiger partial charge is 0.136 e. The zero-order chi connectivity index (χ0) is 11.4. The lowest BCUT2D eigenvalue weighted by Crippen LogP contribution is -2.44. The molecule has 2 aliphatic rings. The highest BCUT2D eigenvalue weighted by molar-refractivity contribution is 5.82. The number of carbonyl (C=O) groups is 1. The van der Waals surface area contributed by atoms with Crippen molar-refractivity contribution in [3.63, 3.8) is 0 Å². The maximum atomic E-state index is 11.5. The molecule has 0 spiro atoms. The topological polar surface area (TPSA) is 49.8 Å². The number of carbonyl (C=O) groups excluding carboxylic acids is 1. The van der Waals surface area contributed by atoms with Gasteiger partial charge in [0.1, 0.15) is 5.78 Å². The van der Waals surface area contributed by atoms with E-state index < -0.39 is 0 Å². The number of ether oxygens (including phenoxy) is 1. The summed E-state index contributed by atoms with van der Waals surface area (Å²) in [7, 11) is 0. The van der Waals surface area contributed by atoms with Crippen LogP contribution < -0.4 is 0 Å². The van der Waals surface area contributed by atoms with E-state index in [1.807, 2.05) is 0 Å². The zero-order valence-corrected chi connectivity index (χ0v) is 9.73. The average Bonchev–Trinajstić information content (AvgIpc) is 2.72. The Labute approximate surface area is 96.6 Å². The molecule has 1 aliphatic heterocycles. The lowest BCUT2D eigenvalue weighted by atomic mass is 10.0. The van der Waals surface area contributed by atoms with Crippen molar-refractivity contribution in [2.75, 3.05) is 32.8 Å². The van der Waals surface area contributed by atoms with Crippen molar-refractivity contribution in [1.82, 2.24) is 4.90 Å². The number of hydrogen-bond acceptors (Lipinski definition) is 4. The second-order valence-corrected chi connectivity index (χ2v) is 4.82. The van der Waals surface area contributed by atoms with E-state index in [1.165, 1.54) is 0 Å². The molecule has 2 unspecified atom stereocenters. The lowest BCUT2D eigenvalue weighted by Gasteiger charge is -2.32. The number of rotatable bonds is 4. The molecular weight excluding hydrogens is 206 g/mol. The number of aliphatic hydroxyl groups is 1. The first-order valence-electron chi connectivity index (χ1n) is 6.27. The molecule has 0 aromatic rings. The van der Waals surface area contributed by atoms with Crippen molar-refractivity contribution < 1.29 is 14.6 Å². The molecule has 0 aromatic carbocycles. The normalized spacial score (nSPS) is 32.2. The summed E-state index contributed by atoms with van der Waals surface area (Å²) >= 11 is 0. The van der Waals surface area contributed by atoms with Gasteiger partial charge in [0.25, 0.3) is 0 Å². The summed E-state index contributed by atoms with van der Waals surface area (Å²) in [5.74, 6) is 0.752. The summed E-state index contributed by atoms with van der Waals surface area (Å²) in [4.78, 5) is 13.8. The quantitative estimate of drug-likeness (QED) is 0.757. The number of aliphatic hydroxyl groups excluding tert-OH is 1. The van der Waals surface area contributed by atoms with Crippen molar-refractivity contribution in [3.05, 3.63) is 0 Å². The van der Waals surface area contributed by atoms with Gasteiger partial charge in [0, 0.05) is 25.4 Å². The molecule has 0 aromatic heterocycles. The second kappa shape index (κ2) is 5.75. The first-order valence-corrected chi connectivity index (χ1v) is 6.27. The molecular formula is C12H21NO3. The predicted octanol–water partition coefficient (Wildman–Crippen LogP) is 0.439. The molecule has 1 saturated heterocycles. The zero-order valence-electron chi connectivity index (χ0n) is 9.73. The van der Waals surface area contributed by atoms with Crippen LogP contribution in [0, 0.1) is 5.92 Å². The van der Waals surface area contributed by atoms with E-state index in [-0.39, 0.29) is 12.7 Å². The monoisotopic (exact) mass is 227 g/mol. The Kier molecular flexibility index (Phi) is 4.32. The van der Waals surface area contributed by atoms with Crippen LogP contribution in [0.2, 0.25) is 0 Å². The van der Waals surface area contributed by atoms with Crippen LogP contribution in [0.4, 0.5) is 0 Å². The van der Waals surface area contributed by atoms with Crippen molar-refractivity contribution >= 4 is 5.78 Å². The third kappa shape index (κ3) is 3.03. The van der Waals surface area contributed by atoms with Crippen LogP contribution in [0.25, 0.3) is 0 Å². The molecule has 92 valence electrons. The van der Waals surface area contributed by atoms with E-state index in [9.17, 15) is 4.79 Å². The van der Waals surface area contributed by atoms with Crippen LogP contribution >= 0.6 is 0 Å². The third-order valence-corrected chi connectivity index (χ3v) is 3.65. The Bertz CT molecular complexity index is 244. The highest BCUT2D eigenvalue weighted by Crippen LogP contribution is 2.24. The highest BCUT2D eigenvalue weighted by Gasteiger charge is 2.26. The Morgan fingerprint density at radius 2 is 2.38 bits per heavy atom. The summed E-state index contributed by atoms with van der Waals surface area (Å²) in [6.45, 7) is 3.49. The molecule has 0 amide bonds. The van der Waals surface area contributed by atoms with Crippen LogP contribution in [0.3, 0.4) is 0 Å². The molecule has 2 rings (SSSR count). The summed E-state index contributed by atoms with van der Waals surface area (Å²) < 4.78 is 5.39. The van der Waals surface area contributed by atoms with Crippen LogP contribution in [0.5, 0.6) is 0 Å². The van der Waals surface area contributed by atoms with E-state index in [1.54, 1.807) is 0 Å². The minimum Gasteiger partial charge on any atom is -0.394 e. The van der Waals surface area contributed by atoms with E-state index >= 15 is 0 Å². The molecule has 16 heavy (non-hydrogen) atoms. The Morgan fingerprint density at radius 1 is 1.50 bits per heavy atom. The van der Waals surface area contributed by atoms with Gasteiger partial charge in [-0.3, -0.25) is 9.69 Å². The standard InChI is InChI=1S/C12H21NO3/c14-9-11-8-13(6-7-16-11)5-4-10-2-1-3-12(10)15/h10-11,14H,1-9H2. The molecule has 1 saturated carbocycles. The molecule has 2 atom stereocenters. The van der Waals surface area contributed by atoms with Crippen LogP contribution in [-0.2, 0) is 9.53 Å². The van der Waals surface area contributed by atoms with Crippen LogP contribution in [-0.4, -0.2) is 54.7 Å². The van der Waals surface area contributed by atoms with Gasteiger partial charge in [0.15, 0.2) is 0 Å². The second-order valence-electron chi connectivity index (χ2n) is 4.82. The van der Waals surface area contributed by atoms with Gasteiger partial charge in [0.05, 0.1) is 19.3 Å². The van der Waals surface area contributed by atoms with E-state index in [4.69, 9.17) is 9.84 Å². The first-order chi connectivity index (χ1) is 7.79. The van der Waals surface area contributed by atoms with Crippen LogP contribution in [0.15, 0.2) is 0 Å². The molecule has 0 radical (unpaired) electrons. The fraction of sp³-hybridized carbons (Fsp3) is 0.917. The molecule has 1 N–H and O–H groups in total. The molecule has 4 heteroatoms. The van der Waals surface area contributed by atoms with Gasteiger partial charge in [-0.15, -0.1) is 0 Å². The Balaban J connectivity index is 1.70. The van der Waals surface area contributed by atoms with Gasteiger partial charge < -0.3 is 9.84 Å². The van der Waals surface area contributed by atoms with Gasteiger partial charge in [-0.2, -0.15) is 0 Å². The number of nitrogens with zero attached hydrogens (tertiary/aromatic N) is 1. The Morgan fingerprint density at radius 3 is 3.06 bits per heavy atom. The minimum absolute atomic E-state index is 0.0342. The van der Waals surface area contributed by atoms with Crippen LogP contribution in [0.1, 0.15) is 25.7 Å². The van der Waals surface area contributed by atoms with Gasteiger partial charge >= 0.3 is 0 Å². The van der Waals surface area contributed by atoms with Gasteiger partial charge in [-0.1, -0.05) is 0 Å². The number of Topliss-reactive ketones (excluding diaryl/α,β-unsaturated/α-hetero) is 1. The fourth-order valence-corrected chi connectivity index (χ4v) is 2.63. The van der Waals surface area contributed by atoms with Crippen molar-refractivity contribution in [1.29, 1.82) is 0 Å². The summed E-state index contributed by atoms with van der Waals surface area (Å²) in [6.07, 6.45) is 3.88. The largest absolute Gasteiger partial charge is 0.394 e. The molecule has 1 aliphatic carbocycles. The van der Waals surface area contributed by atoms with Gasteiger partial charge in [-0.05, 0) is 25.8 Å². The SMILES string of the molecule is O=C1CCCC1CCN1CCOC(CO)C1. The average molecular weight is 227 g/mol.